The van der Waals surface area contributed by atoms with Gasteiger partial charge in [-0.3, -0.25) is 19.3 Å². The minimum absolute atomic E-state index is 0.0140. The Labute approximate surface area is 176 Å². The zero-order chi connectivity index (χ0) is 21.8. The number of amides is 3. The predicted octanol–water partition coefficient (Wildman–Crippen LogP) is 1.96. The Bertz CT molecular complexity index is 842. The molecule has 3 N–H and O–H groups in total. The van der Waals surface area contributed by atoms with Crippen molar-refractivity contribution in [3.63, 3.8) is 0 Å². The third-order valence-electron chi connectivity index (χ3n) is 4.15. The van der Waals surface area contributed by atoms with E-state index in [2.05, 4.69) is 16.0 Å². The van der Waals surface area contributed by atoms with E-state index in [0.29, 0.717) is 30.1 Å². The monoisotopic (exact) mass is 412 g/mol. The predicted molar refractivity (Wildman–Crippen MR) is 116 cm³/mol. The Kier molecular flexibility index (Phi) is 9.50. The van der Waals surface area contributed by atoms with Crippen LogP contribution in [0, 0.1) is 0 Å². The molecule has 160 valence electrons. The zero-order valence-electron chi connectivity index (χ0n) is 17.3. The maximum atomic E-state index is 12.6. The van der Waals surface area contributed by atoms with Crippen molar-refractivity contribution >= 4 is 29.1 Å². The molecule has 0 fully saturated rings. The number of anilines is 2. The Morgan fingerprint density at radius 3 is 2.30 bits per heavy atom. The van der Waals surface area contributed by atoms with E-state index in [9.17, 15) is 14.4 Å². The van der Waals surface area contributed by atoms with Crippen LogP contribution in [-0.4, -0.2) is 63.0 Å². The second-order valence-corrected chi connectivity index (χ2v) is 6.78. The summed E-state index contributed by atoms with van der Waals surface area (Å²) in [5.41, 5.74) is 1.43. The number of ether oxygens (including phenoxy) is 1. The normalized spacial score (nSPS) is 10.5. The Balaban J connectivity index is 1.87. The highest BCUT2D eigenvalue weighted by Crippen LogP contribution is 2.17. The van der Waals surface area contributed by atoms with E-state index in [0.717, 1.165) is 6.42 Å². The van der Waals surface area contributed by atoms with Gasteiger partial charge in [-0.2, -0.15) is 0 Å². The molecule has 0 aliphatic heterocycles. The van der Waals surface area contributed by atoms with Gasteiger partial charge in [0.05, 0.1) is 24.3 Å². The summed E-state index contributed by atoms with van der Waals surface area (Å²) in [5, 5.41) is 8.33. The topological polar surface area (TPSA) is 99.8 Å². The van der Waals surface area contributed by atoms with Gasteiger partial charge in [-0.25, -0.2) is 0 Å². The van der Waals surface area contributed by atoms with E-state index in [-0.39, 0.29) is 30.8 Å². The molecule has 30 heavy (non-hydrogen) atoms. The third-order valence-corrected chi connectivity index (χ3v) is 4.15. The van der Waals surface area contributed by atoms with Gasteiger partial charge >= 0.3 is 0 Å². The highest BCUT2D eigenvalue weighted by molar-refractivity contribution is 6.10. The van der Waals surface area contributed by atoms with Gasteiger partial charge in [-0.1, -0.05) is 30.3 Å². The van der Waals surface area contributed by atoms with Gasteiger partial charge in [0.2, 0.25) is 11.8 Å². The molecule has 2 aromatic carbocycles. The molecule has 0 spiro atoms. The van der Waals surface area contributed by atoms with Crippen LogP contribution in [0.25, 0.3) is 0 Å². The SMILES string of the molecule is COCCCNC(=O)CN(C)CC(=O)Nc1ccccc1C(=O)Nc1ccccc1. The van der Waals surface area contributed by atoms with Crippen LogP contribution in [0.15, 0.2) is 54.6 Å². The Morgan fingerprint density at radius 2 is 1.57 bits per heavy atom. The van der Waals surface area contributed by atoms with Crippen LogP contribution in [0.3, 0.4) is 0 Å². The van der Waals surface area contributed by atoms with E-state index in [1.807, 2.05) is 18.2 Å². The largest absolute Gasteiger partial charge is 0.385 e. The fraction of sp³-hybridized carbons (Fsp3) is 0.318. The number of para-hydroxylation sites is 2. The first-order valence-corrected chi connectivity index (χ1v) is 9.69. The summed E-state index contributed by atoms with van der Waals surface area (Å²) in [4.78, 5) is 38.5. The van der Waals surface area contributed by atoms with Crippen LogP contribution in [0.1, 0.15) is 16.8 Å². The summed E-state index contributed by atoms with van der Waals surface area (Å²) in [6, 6.07) is 15.9. The number of likely N-dealkylation sites (N-methyl/N-ethyl adjacent to an activating group) is 1. The lowest BCUT2D eigenvalue weighted by Crippen LogP contribution is -2.39. The van der Waals surface area contributed by atoms with Crippen LogP contribution >= 0.6 is 0 Å². The standard InChI is InChI=1S/C22H28N4O4/c1-26(15-20(27)23-13-8-14-30-2)16-21(28)25-19-12-7-6-11-18(19)22(29)24-17-9-4-3-5-10-17/h3-7,9-12H,8,13-16H2,1-2H3,(H,23,27)(H,24,29)(H,25,28). The van der Waals surface area contributed by atoms with Crippen molar-refractivity contribution in [2.24, 2.45) is 0 Å². The lowest BCUT2D eigenvalue weighted by molar-refractivity contribution is -0.123. The lowest BCUT2D eigenvalue weighted by Gasteiger charge is -2.17. The van der Waals surface area contributed by atoms with Gasteiger partial charge in [0.1, 0.15) is 0 Å². The fourth-order valence-corrected chi connectivity index (χ4v) is 2.75. The van der Waals surface area contributed by atoms with Gasteiger partial charge in [-0.05, 0) is 37.7 Å². The van der Waals surface area contributed by atoms with E-state index in [4.69, 9.17) is 4.74 Å². The first-order valence-electron chi connectivity index (χ1n) is 9.69. The molecule has 0 atom stereocenters. The smallest absolute Gasteiger partial charge is 0.257 e. The first kappa shape index (κ1) is 23.1. The third kappa shape index (κ3) is 8.02. The Hall–Kier alpha value is -3.23. The van der Waals surface area contributed by atoms with Gasteiger partial charge in [0.15, 0.2) is 0 Å². The molecule has 0 radical (unpaired) electrons. The average molecular weight is 412 g/mol. The number of carbonyl (C=O) groups excluding carboxylic acids is 3. The molecular formula is C22H28N4O4. The highest BCUT2D eigenvalue weighted by atomic mass is 16.5. The van der Waals surface area contributed by atoms with E-state index in [1.54, 1.807) is 55.5 Å². The molecule has 0 aliphatic rings. The number of hydrogen-bond donors (Lipinski definition) is 3. The van der Waals surface area contributed by atoms with Crippen molar-refractivity contribution in [3.05, 3.63) is 60.2 Å². The molecule has 3 amide bonds. The number of hydrogen-bond acceptors (Lipinski definition) is 5. The number of carbonyl (C=O) groups is 3. The number of methoxy groups -OCH3 is 1. The van der Waals surface area contributed by atoms with Crippen LogP contribution in [0.4, 0.5) is 11.4 Å². The molecular weight excluding hydrogens is 384 g/mol. The van der Waals surface area contributed by atoms with Gasteiger partial charge in [-0.15, -0.1) is 0 Å². The minimum atomic E-state index is -0.319. The summed E-state index contributed by atoms with van der Waals surface area (Å²) in [5.74, 6) is -0.797. The maximum absolute atomic E-state index is 12.6. The van der Waals surface area contributed by atoms with Crippen molar-refractivity contribution in [2.45, 2.75) is 6.42 Å². The molecule has 2 aromatic rings. The molecule has 0 bridgehead atoms. The lowest BCUT2D eigenvalue weighted by atomic mass is 10.1. The van der Waals surface area contributed by atoms with Gasteiger partial charge < -0.3 is 20.7 Å². The molecule has 0 heterocycles. The van der Waals surface area contributed by atoms with Crippen molar-refractivity contribution < 1.29 is 19.1 Å². The molecule has 0 saturated heterocycles. The summed E-state index contributed by atoms with van der Waals surface area (Å²) >= 11 is 0. The van der Waals surface area contributed by atoms with E-state index < -0.39 is 0 Å². The van der Waals surface area contributed by atoms with Crippen LogP contribution in [0.5, 0.6) is 0 Å². The number of rotatable bonds is 11. The van der Waals surface area contributed by atoms with Gasteiger partial charge in [0, 0.05) is 25.9 Å². The van der Waals surface area contributed by atoms with E-state index in [1.165, 1.54) is 0 Å². The molecule has 0 aliphatic carbocycles. The van der Waals surface area contributed by atoms with Crippen LogP contribution in [0.2, 0.25) is 0 Å². The first-order chi connectivity index (χ1) is 14.5. The number of nitrogens with one attached hydrogen (secondary N) is 3. The molecule has 8 heteroatoms. The second-order valence-electron chi connectivity index (χ2n) is 6.78. The van der Waals surface area contributed by atoms with Crippen molar-refractivity contribution in [3.8, 4) is 0 Å². The molecule has 0 unspecified atom stereocenters. The second kappa shape index (κ2) is 12.4. The molecule has 8 nitrogen and oxygen atoms in total. The van der Waals surface area contributed by atoms with Crippen molar-refractivity contribution in [2.75, 3.05) is 51.0 Å². The summed E-state index contributed by atoms with van der Waals surface area (Å²) < 4.78 is 4.93. The molecule has 0 saturated carbocycles. The summed E-state index contributed by atoms with van der Waals surface area (Å²) in [6.07, 6.45) is 0.730. The quantitative estimate of drug-likeness (QED) is 0.490. The zero-order valence-corrected chi connectivity index (χ0v) is 17.3. The van der Waals surface area contributed by atoms with Crippen molar-refractivity contribution in [1.82, 2.24) is 10.2 Å². The van der Waals surface area contributed by atoms with Gasteiger partial charge in [0.25, 0.3) is 5.91 Å². The number of nitrogens with zero attached hydrogens (tertiary/aromatic N) is 1. The minimum Gasteiger partial charge on any atom is -0.385 e. The molecule has 2 rings (SSSR count). The number of benzene rings is 2. The summed E-state index contributed by atoms with van der Waals surface area (Å²) in [7, 11) is 3.29. The van der Waals surface area contributed by atoms with Crippen LogP contribution < -0.4 is 16.0 Å². The highest BCUT2D eigenvalue weighted by Gasteiger charge is 2.15. The van der Waals surface area contributed by atoms with Crippen LogP contribution in [-0.2, 0) is 14.3 Å². The average Bonchev–Trinajstić information content (AvgIpc) is 2.72. The Morgan fingerprint density at radius 1 is 0.900 bits per heavy atom. The van der Waals surface area contributed by atoms with E-state index >= 15 is 0 Å². The molecule has 0 aromatic heterocycles. The van der Waals surface area contributed by atoms with Crippen molar-refractivity contribution in [1.29, 1.82) is 0 Å². The maximum Gasteiger partial charge on any atom is 0.257 e. The fourth-order valence-electron chi connectivity index (χ4n) is 2.75. The summed E-state index contributed by atoms with van der Waals surface area (Å²) in [6.45, 7) is 1.21.